The average molecular weight is 266 g/mol. The summed E-state index contributed by atoms with van der Waals surface area (Å²) < 4.78 is 7.37. The Kier molecular flexibility index (Phi) is 2.45. The quantitative estimate of drug-likeness (QED) is 0.715. The Balaban J connectivity index is 1.72. The van der Waals surface area contributed by atoms with Crippen molar-refractivity contribution in [3.8, 4) is 11.5 Å². The van der Waals surface area contributed by atoms with Crippen LogP contribution in [0.1, 0.15) is 29.4 Å². The van der Waals surface area contributed by atoms with Crippen molar-refractivity contribution in [2.24, 2.45) is 7.05 Å². The zero-order valence-electron chi connectivity index (χ0n) is 11.2. The van der Waals surface area contributed by atoms with E-state index in [9.17, 15) is 0 Å². The fourth-order valence-electron chi connectivity index (χ4n) is 2.87. The lowest BCUT2D eigenvalue weighted by molar-refractivity contribution is 0.365. The molecule has 100 valence electrons. The highest BCUT2D eigenvalue weighted by Crippen LogP contribution is 2.37. The second-order valence-electron chi connectivity index (χ2n) is 5.14. The molecule has 0 fully saturated rings. The molecule has 0 saturated heterocycles. The molecule has 1 aliphatic rings. The van der Waals surface area contributed by atoms with Gasteiger partial charge >= 0.3 is 0 Å². The Hall–Kier alpha value is -2.43. The lowest BCUT2D eigenvalue weighted by Gasteiger charge is -2.04. The molecule has 0 radical (unpaired) electrons. The molecule has 0 saturated carbocycles. The summed E-state index contributed by atoms with van der Waals surface area (Å²) in [5.74, 6) is 1.52. The van der Waals surface area contributed by atoms with Crippen molar-refractivity contribution in [3.05, 3.63) is 53.8 Å². The maximum absolute atomic E-state index is 5.48. The summed E-state index contributed by atoms with van der Waals surface area (Å²) in [6.07, 6.45) is 5.59. The van der Waals surface area contributed by atoms with Crippen LogP contribution in [-0.2, 0) is 13.5 Å². The molecule has 0 bridgehead atoms. The zero-order chi connectivity index (χ0) is 13.5. The fourth-order valence-corrected chi connectivity index (χ4v) is 2.87. The number of hydrogen-bond donors (Lipinski definition) is 0. The molecule has 2 heterocycles. The molecule has 5 heteroatoms. The summed E-state index contributed by atoms with van der Waals surface area (Å²) in [5.41, 5.74) is 3.57. The van der Waals surface area contributed by atoms with Crippen LogP contribution in [0.25, 0.3) is 11.5 Å². The highest BCUT2D eigenvalue weighted by atomic mass is 16.5. The minimum Gasteiger partial charge on any atom is -0.338 e. The number of hydrogen-bond acceptors (Lipinski definition) is 4. The molecule has 1 aromatic carbocycles. The maximum Gasteiger partial charge on any atom is 0.234 e. The number of fused-ring (bicyclic) bond motifs is 1. The Morgan fingerprint density at radius 3 is 3.05 bits per heavy atom. The summed E-state index contributed by atoms with van der Waals surface area (Å²) >= 11 is 0. The third-order valence-corrected chi connectivity index (χ3v) is 3.92. The van der Waals surface area contributed by atoms with E-state index in [-0.39, 0.29) is 5.92 Å². The van der Waals surface area contributed by atoms with Crippen molar-refractivity contribution in [2.75, 3.05) is 0 Å². The van der Waals surface area contributed by atoms with Crippen LogP contribution in [0.3, 0.4) is 0 Å². The predicted octanol–water partition coefficient (Wildman–Crippen LogP) is 2.55. The van der Waals surface area contributed by atoms with E-state index in [2.05, 4.69) is 39.4 Å². The van der Waals surface area contributed by atoms with Crippen LogP contribution in [0.4, 0.5) is 0 Å². The fraction of sp³-hybridized carbons (Fsp3) is 0.267. The third kappa shape index (κ3) is 1.66. The first-order chi connectivity index (χ1) is 9.83. The van der Waals surface area contributed by atoms with Gasteiger partial charge in [-0.25, -0.2) is 4.98 Å². The molecule has 2 aromatic heterocycles. The predicted molar refractivity (Wildman–Crippen MR) is 73.1 cm³/mol. The summed E-state index contributed by atoms with van der Waals surface area (Å²) in [5, 5.41) is 4.09. The third-order valence-electron chi connectivity index (χ3n) is 3.92. The number of rotatable bonds is 2. The highest BCUT2D eigenvalue weighted by molar-refractivity contribution is 5.48. The van der Waals surface area contributed by atoms with Crippen molar-refractivity contribution >= 4 is 0 Å². The van der Waals surface area contributed by atoms with E-state index in [1.807, 2.05) is 11.6 Å². The first-order valence-corrected chi connectivity index (χ1v) is 6.71. The van der Waals surface area contributed by atoms with Crippen molar-refractivity contribution in [2.45, 2.75) is 18.8 Å². The van der Waals surface area contributed by atoms with Gasteiger partial charge in [0.2, 0.25) is 11.7 Å². The van der Waals surface area contributed by atoms with Crippen LogP contribution in [-0.4, -0.2) is 19.7 Å². The SMILES string of the molecule is Cn1cncc1-c1noc(C2CCc3ccccc32)n1. The molecule has 4 rings (SSSR count). The van der Waals surface area contributed by atoms with E-state index in [1.54, 1.807) is 12.5 Å². The first kappa shape index (κ1) is 11.4. The van der Waals surface area contributed by atoms with Crippen molar-refractivity contribution < 1.29 is 4.52 Å². The largest absolute Gasteiger partial charge is 0.338 e. The van der Waals surface area contributed by atoms with Gasteiger partial charge in [-0.15, -0.1) is 0 Å². The maximum atomic E-state index is 5.48. The molecule has 20 heavy (non-hydrogen) atoms. The Morgan fingerprint density at radius 2 is 2.20 bits per heavy atom. The van der Waals surface area contributed by atoms with E-state index >= 15 is 0 Å². The summed E-state index contributed by atoms with van der Waals surface area (Å²) in [6, 6.07) is 8.47. The smallest absolute Gasteiger partial charge is 0.234 e. The van der Waals surface area contributed by atoms with E-state index in [0.29, 0.717) is 11.7 Å². The number of benzene rings is 1. The monoisotopic (exact) mass is 266 g/mol. The van der Waals surface area contributed by atoms with Gasteiger partial charge in [-0.3, -0.25) is 0 Å². The van der Waals surface area contributed by atoms with Crippen molar-refractivity contribution in [3.63, 3.8) is 0 Å². The minimum atomic E-state index is 0.223. The molecular formula is C15H14N4O. The Bertz CT molecular complexity index is 759. The second-order valence-corrected chi connectivity index (χ2v) is 5.14. The number of aromatic nitrogens is 4. The lowest BCUT2D eigenvalue weighted by Crippen LogP contribution is -1.97. The van der Waals surface area contributed by atoms with Gasteiger partial charge in [0.1, 0.15) is 5.69 Å². The first-order valence-electron chi connectivity index (χ1n) is 6.71. The van der Waals surface area contributed by atoms with E-state index in [4.69, 9.17) is 4.52 Å². The Labute approximate surface area is 116 Å². The molecule has 0 amide bonds. The van der Waals surface area contributed by atoms with E-state index in [1.165, 1.54) is 11.1 Å². The van der Waals surface area contributed by atoms with Crippen molar-refractivity contribution in [1.82, 2.24) is 19.7 Å². The topological polar surface area (TPSA) is 56.7 Å². The van der Waals surface area contributed by atoms with Crippen LogP contribution in [0.5, 0.6) is 0 Å². The average Bonchev–Trinajstić information content (AvgIpc) is 3.15. The van der Waals surface area contributed by atoms with Crippen molar-refractivity contribution in [1.29, 1.82) is 0 Å². The minimum absolute atomic E-state index is 0.223. The van der Waals surface area contributed by atoms with Crippen LogP contribution in [0, 0.1) is 0 Å². The van der Waals surface area contributed by atoms with Gasteiger partial charge in [0, 0.05) is 7.05 Å². The van der Waals surface area contributed by atoms with Gasteiger partial charge in [0.15, 0.2) is 0 Å². The van der Waals surface area contributed by atoms with E-state index in [0.717, 1.165) is 18.5 Å². The van der Waals surface area contributed by atoms with Gasteiger partial charge < -0.3 is 9.09 Å². The molecule has 0 N–H and O–H groups in total. The molecule has 0 spiro atoms. The van der Waals surface area contributed by atoms with Crippen LogP contribution in [0.2, 0.25) is 0 Å². The molecule has 0 aliphatic heterocycles. The number of imidazole rings is 1. The molecule has 1 aliphatic carbocycles. The molecular weight excluding hydrogens is 252 g/mol. The standard InChI is InChI=1S/C15H14N4O/c1-19-9-16-8-13(19)14-17-15(20-18-14)12-7-6-10-4-2-3-5-11(10)12/h2-5,8-9,12H,6-7H2,1H3. The van der Waals surface area contributed by atoms with Crippen LogP contribution in [0.15, 0.2) is 41.3 Å². The summed E-state index contributed by atoms with van der Waals surface area (Å²) in [7, 11) is 1.92. The van der Waals surface area contributed by atoms with Gasteiger partial charge in [-0.2, -0.15) is 4.98 Å². The molecule has 5 nitrogen and oxygen atoms in total. The number of nitrogens with zero attached hydrogens (tertiary/aromatic N) is 4. The van der Waals surface area contributed by atoms with Crippen LogP contribution < -0.4 is 0 Å². The van der Waals surface area contributed by atoms with Gasteiger partial charge in [-0.05, 0) is 24.0 Å². The normalized spacial score (nSPS) is 17.4. The summed E-state index contributed by atoms with van der Waals surface area (Å²) in [4.78, 5) is 8.64. The highest BCUT2D eigenvalue weighted by Gasteiger charge is 2.28. The molecule has 1 unspecified atom stereocenters. The number of aryl methyl sites for hydroxylation is 2. The Morgan fingerprint density at radius 1 is 1.30 bits per heavy atom. The second kappa shape index (κ2) is 4.30. The van der Waals surface area contributed by atoms with E-state index < -0.39 is 0 Å². The molecule has 3 aromatic rings. The lowest BCUT2D eigenvalue weighted by atomic mass is 10.0. The van der Waals surface area contributed by atoms with Crippen LogP contribution >= 0.6 is 0 Å². The zero-order valence-corrected chi connectivity index (χ0v) is 11.2. The van der Waals surface area contributed by atoms with Gasteiger partial charge in [0.05, 0.1) is 18.4 Å². The van der Waals surface area contributed by atoms with Gasteiger partial charge in [-0.1, -0.05) is 29.4 Å². The van der Waals surface area contributed by atoms with Gasteiger partial charge in [0.25, 0.3) is 0 Å². The summed E-state index contributed by atoms with van der Waals surface area (Å²) in [6.45, 7) is 0. The molecule has 1 atom stereocenters.